The Morgan fingerprint density at radius 3 is 2.45 bits per heavy atom. The van der Waals surface area contributed by atoms with Crippen molar-refractivity contribution in [1.82, 2.24) is 20.0 Å². The molecule has 0 spiro atoms. The summed E-state index contributed by atoms with van der Waals surface area (Å²) in [5.74, 6) is 0.139. The molecule has 8 heteroatoms. The number of hydrogen-bond acceptors (Lipinski definition) is 6. The molecule has 2 amide bonds. The van der Waals surface area contributed by atoms with Gasteiger partial charge in [0.2, 0.25) is 16.9 Å². The second-order valence-electron chi connectivity index (χ2n) is 7.61. The van der Waals surface area contributed by atoms with Gasteiger partial charge in [0.05, 0.1) is 0 Å². The maximum absolute atomic E-state index is 12.4. The SMILES string of the molecule is CC(C)c1nnc(NC(=O)CCC(=O)N2CCN(CCc3ccccc3)CC2)s1. The lowest BCUT2D eigenvalue weighted by Crippen LogP contribution is -2.49. The average Bonchev–Trinajstić information content (AvgIpc) is 3.20. The minimum Gasteiger partial charge on any atom is -0.340 e. The van der Waals surface area contributed by atoms with Crippen LogP contribution in [0, 0.1) is 0 Å². The third-order valence-corrected chi connectivity index (χ3v) is 6.17. The topological polar surface area (TPSA) is 78.4 Å². The van der Waals surface area contributed by atoms with E-state index in [1.165, 1.54) is 16.9 Å². The fraction of sp³-hybridized carbons (Fsp3) is 0.524. The van der Waals surface area contributed by atoms with Crippen LogP contribution in [0.4, 0.5) is 5.13 Å². The van der Waals surface area contributed by atoms with Crippen molar-refractivity contribution in [2.75, 3.05) is 38.0 Å². The highest BCUT2D eigenvalue weighted by Gasteiger charge is 2.21. The van der Waals surface area contributed by atoms with E-state index in [4.69, 9.17) is 0 Å². The Morgan fingerprint density at radius 1 is 1.07 bits per heavy atom. The molecule has 1 aromatic carbocycles. The molecule has 29 heavy (non-hydrogen) atoms. The van der Waals surface area contributed by atoms with Gasteiger partial charge in [-0.15, -0.1) is 10.2 Å². The van der Waals surface area contributed by atoms with E-state index < -0.39 is 0 Å². The highest BCUT2D eigenvalue weighted by atomic mass is 32.1. The van der Waals surface area contributed by atoms with Gasteiger partial charge in [0.1, 0.15) is 5.01 Å². The van der Waals surface area contributed by atoms with Crippen molar-refractivity contribution >= 4 is 28.3 Å². The van der Waals surface area contributed by atoms with Crippen LogP contribution in [-0.4, -0.2) is 64.5 Å². The number of anilines is 1. The molecule has 0 radical (unpaired) electrons. The number of carbonyl (C=O) groups excluding carboxylic acids is 2. The van der Waals surface area contributed by atoms with Gasteiger partial charge in [0.15, 0.2) is 0 Å². The molecule has 3 rings (SSSR count). The molecular formula is C21H29N5O2S. The molecule has 0 aliphatic carbocycles. The van der Waals surface area contributed by atoms with E-state index in [-0.39, 0.29) is 30.6 Å². The molecular weight excluding hydrogens is 386 g/mol. The Kier molecular flexibility index (Phi) is 7.71. The van der Waals surface area contributed by atoms with Crippen molar-refractivity contribution < 1.29 is 9.59 Å². The van der Waals surface area contributed by atoms with Crippen LogP contribution < -0.4 is 5.32 Å². The van der Waals surface area contributed by atoms with E-state index in [9.17, 15) is 9.59 Å². The van der Waals surface area contributed by atoms with Crippen LogP contribution >= 0.6 is 11.3 Å². The van der Waals surface area contributed by atoms with E-state index in [0.29, 0.717) is 5.13 Å². The molecule has 156 valence electrons. The minimum absolute atomic E-state index is 0.0444. The van der Waals surface area contributed by atoms with Gasteiger partial charge in [-0.05, 0) is 12.0 Å². The zero-order valence-corrected chi connectivity index (χ0v) is 18.0. The summed E-state index contributed by atoms with van der Waals surface area (Å²) in [6.07, 6.45) is 1.43. The predicted octanol–water partition coefficient (Wildman–Crippen LogP) is 2.77. The monoisotopic (exact) mass is 415 g/mol. The Balaban J connectivity index is 1.34. The smallest absolute Gasteiger partial charge is 0.226 e. The normalized spacial score (nSPS) is 14.9. The third-order valence-electron chi connectivity index (χ3n) is 5.03. The molecule has 1 fully saturated rings. The summed E-state index contributed by atoms with van der Waals surface area (Å²) in [7, 11) is 0. The number of nitrogens with one attached hydrogen (secondary N) is 1. The summed E-state index contributed by atoms with van der Waals surface area (Å²) in [5.41, 5.74) is 1.34. The molecule has 1 aliphatic rings. The first-order valence-electron chi connectivity index (χ1n) is 10.2. The van der Waals surface area contributed by atoms with E-state index in [2.05, 4.69) is 44.7 Å². The van der Waals surface area contributed by atoms with E-state index in [0.717, 1.165) is 44.2 Å². The highest BCUT2D eigenvalue weighted by Crippen LogP contribution is 2.22. The van der Waals surface area contributed by atoms with E-state index in [1.54, 1.807) is 0 Å². The fourth-order valence-corrected chi connectivity index (χ4v) is 3.99. The van der Waals surface area contributed by atoms with Gasteiger partial charge in [-0.2, -0.15) is 0 Å². The van der Waals surface area contributed by atoms with Gasteiger partial charge in [-0.3, -0.25) is 14.5 Å². The average molecular weight is 416 g/mol. The summed E-state index contributed by atoms with van der Waals surface area (Å²) in [6, 6.07) is 10.5. The van der Waals surface area contributed by atoms with Crippen molar-refractivity contribution in [3.8, 4) is 0 Å². The number of rotatable bonds is 8. The standard InChI is InChI=1S/C21H29N5O2S/c1-16(2)20-23-24-21(29-20)22-18(27)8-9-19(28)26-14-12-25(13-15-26)11-10-17-6-4-3-5-7-17/h3-7,16H,8-15H2,1-2H3,(H,22,24,27). The molecule has 2 heterocycles. The number of nitrogens with zero attached hydrogens (tertiary/aromatic N) is 4. The Labute approximate surface area is 176 Å². The first-order chi connectivity index (χ1) is 14.0. The maximum Gasteiger partial charge on any atom is 0.226 e. The number of aromatic nitrogens is 2. The minimum atomic E-state index is -0.189. The maximum atomic E-state index is 12.4. The zero-order valence-electron chi connectivity index (χ0n) is 17.1. The van der Waals surface area contributed by atoms with Crippen LogP contribution in [0.3, 0.4) is 0 Å². The lowest BCUT2D eigenvalue weighted by molar-refractivity contribution is -0.134. The van der Waals surface area contributed by atoms with Crippen molar-refractivity contribution in [3.05, 3.63) is 40.9 Å². The summed E-state index contributed by atoms with van der Waals surface area (Å²) in [6.45, 7) is 8.29. The van der Waals surface area contributed by atoms with Crippen LogP contribution in [0.2, 0.25) is 0 Å². The Bertz CT molecular complexity index is 800. The van der Waals surface area contributed by atoms with Gasteiger partial charge < -0.3 is 10.2 Å². The predicted molar refractivity (Wildman–Crippen MR) is 115 cm³/mol. The molecule has 1 aromatic heterocycles. The summed E-state index contributed by atoms with van der Waals surface area (Å²) in [5, 5.41) is 12.2. The van der Waals surface area contributed by atoms with Crippen LogP contribution in [0.25, 0.3) is 0 Å². The molecule has 0 unspecified atom stereocenters. The van der Waals surface area contributed by atoms with Gasteiger partial charge >= 0.3 is 0 Å². The molecule has 0 saturated carbocycles. The molecule has 7 nitrogen and oxygen atoms in total. The lowest BCUT2D eigenvalue weighted by atomic mass is 10.1. The first kappa shape index (κ1) is 21.4. The fourth-order valence-electron chi connectivity index (χ4n) is 3.23. The van der Waals surface area contributed by atoms with Gasteiger partial charge in [0.25, 0.3) is 0 Å². The van der Waals surface area contributed by atoms with Crippen molar-refractivity contribution in [1.29, 1.82) is 0 Å². The van der Waals surface area contributed by atoms with Crippen LogP contribution in [-0.2, 0) is 16.0 Å². The largest absolute Gasteiger partial charge is 0.340 e. The van der Waals surface area contributed by atoms with E-state index >= 15 is 0 Å². The third kappa shape index (κ3) is 6.61. The number of piperazine rings is 1. The molecule has 2 aromatic rings. The first-order valence-corrected chi connectivity index (χ1v) is 11.0. The number of carbonyl (C=O) groups is 2. The zero-order chi connectivity index (χ0) is 20.6. The van der Waals surface area contributed by atoms with Gasteiger partial charge in [0, 0.05) is 51.5 Å². The number of benzene rings is 1. The van der Waals surface area contributed by atoms with Crippen LogP contribution in [0.5, 0.6) is 0 Å². The molecule has 0 bridgehead atoms. The summed E-state index contributed by atoms with van der Waals surface area (Å²) in [4.78, 5) is 28.8. The quantitative estimate of drug-likeness (QED) is 0.717. The Hall–Kier alpha value is -2.32. The van der Waals surface area contributed by atoms with Crippen LogP contribution in [0.15, 0.2) is 30.3 Å². The molecule has 1 aliphatic heterocycles. The second-order valence-corrected chi connectivity index (χ2v) is 8.62. The molecule has 0 atom stereocenters. The summed E-state index contributed by atoms with van der Waals surface area (Å²) >= 11 is 1.38. The Morgan fingerprint density at radius 2 is 1.79 bits per heavy atom. The van der Waals surface area contributed by atoms with Crippen molar-refractivity contribution in [3.63, 3.8) is 0 Å². The molecule has 1 saturated heterocycles. The number of amides is 2. The lowest BCUT2D eigenvalue weighted by Gasteiger charge is -2.34. The summed E-state index contributed by atoms with van der Waals surface area (Å²) < 4.78 is 0. The second kappa shape index (κ2) is 10.5. The molecule has 1 N–H and O–H groups in total. The number of hydrogen-bond donors (Lipinski definition) is 1. The van der Waals surface area contributed by atoms with Gasteiger partial charge in [-0.25, -0.2) is 0 Å². The van der Waals surface area contributed by atoms with Crippen molar-refractivity contribution in [2.45, 2.75) is 39.0 Å². The van der Waals surface area contributed by atoms with Gasteiger partial charge in [-0.1, -0.05) is 55.5 Å². The van der Waals surface area contributed by atoms with Crippen LogP contribution in [0.1, 0.15) is 43.2 Å². The highest BCUT2D eigenvalue weighted by molar-refractivity contribution is 7.15. The van der Waals surface area contributed by atoms with E-state index in [1.807, 2.05) is 24.8 Å². The van der Waals surface area contributed by atoms with Crippen molar-refractivity contribution in [2.24, 2.45) is 0 Å².